The van der Waals surface area contributed by atoms with Gasteiger partial charge in [-0.25, -0.2) is 8.42 Å². The third kappa shape index (κ3) is 4.49. The van der Waals surface area contributed by atoms with Crippen LogP contribution in [0.1, 0.15) is 23.2 Å². The number of piperazine rings is 1. The maximum atomic E-state index is 13.1. The molecular weight excluding hydrogens is 430 g/mol. The molecule has 2 heterocycles. The second-order valence-electron chi connectivity index (χ2n) is 8.15. The van der Waals surface area contributed by atoms with E-state index in [-0.39, 0.29) is 40.5 Å². The minimum atomic E-state index is -3.63. The number of carbonyl (C=O) groups excluding carboxylic acids is 2. The van der Waals surface area contributed by atoms with Gasteiger partial charge >= 0.3 is 0 Å². The number of rotatable bonds is 4. The van der Waals surface area contributed by atoms with Crippen molar-refractivity contribution in [3.63, 3.8) is 0 Å². The van der Waals surface area contributed by atoms with Crippen LogP contribution in [-0.4, -0.2) is 78.7 Å². The quantitative estimate of drug-likeness (QED) is 0.755. The molecule has 2 aliphatic rings. The number of carbonyl (C=O) groups is 2. The van der Waals surface area contributed by atoms with Gasteiger partial charge in [-0.3, -0.25) is 9.59 Å². The van der Waals surface area contributed by atoms with E-state index in [1.165, 1.54) is 10.4 Å². The maximum Gasteiger partial charge on any atom is 0.257 e. The van der Waals surface area contributed by atoms with Gasteiger partial charge in [0.2, 0.25) is 15.9 Å². The first-order valence-corrected chi connectivity index (χ1v) is 12.2. The van der Waals surface area contributed by atoms with Crippen molar-refractivity contribution in [2.75, 3.05) is 39.3 Å². The Labute approximate surface area is 188 Å². The van der Waals surface area contributed by atoms with Gasteiger partial charge in [-0.05, 0) is 37.1 Å². The minimum Gasteiger partial charge on any atom is -0.507 e. The van der Waals surface area contributed by atoms with Crippen molar-refractivity contribution in [2.24, 2.45) is 5.92 Å². The van der Waals surface area contributed by atoms with Crippen LogP contribution in [0.4, 0.5) is 0 Å². The summed E-state index contributed by atoms with van der Waals surface area (Å²) < 4.78 is 27.3. The van der Waals surface area contributed by atoms with Crippen molar-refractivity contribution >= 4 is 21.8 Å². The number of sulfonamides is 1. The first-order chi connectivity index (χ1) is 15.4. The number of amides is 2. The van der Waals surface area contributed by atoms with Crippen LogP contribution in [0.25, 0.3) is 0 Å². The van der Waals surface area contributed by atoms with E-state index in [4.69, 9.17) is 0 Å². The topological polar surface area (TPSA) is 98.2 Å². The molecule has 8 nitrogen and oxygen atoms in total. The summed E-state index contributed by atoms with van der Waals surface area (Å²) in [6.07, 6.45) is 1.28. The molecule has 0 saturated carbocycles. The second kappa shape index (κ2) is 9.30. The highest BCUT2D eigenvalue weighted by Crippen LogP contribution is 2.26. The summed E-state index contributed by atoms with van der Waals surface area (Å²) in [4.78, 5) is 29.4. The smallest absolute Gasteiger partial charge is 0.257 e. The number of piperidine rings is 1. The number of benzene rings is 2. The van der Waals surface area contributed by atoms with Gasteiger partial charge < -0.3 is 14.9 Å². The molecule has 0 aromatic heterocycles. The van der Waals surface area contributed by atoms with E-state index < -0.39 is 10.0 Å². The fraction of sp³-hybridized carbons (Fsp3) is 0.391. The molecule has 2 aromatic rings. The first kappa shape index (κ1) is 22.3. The molecule has 9 heteroatoms. The van der Waals surface area contributed by atoms with E-state index in [0.29, 0.717) is 45.6 Å². The summed E-state index contributed by atoms with van der Waals surface area (Å²) >= 11 is 0. The van der Waals surface area contributed by atoms with Crippen LogP contribution in [0, 0.1) is 5.92 Å². The maximum absolute atomic E-state index is 13.1. The number of nitrogens with zero attached hydrogens (tertiary/aromatic N) is 3. The molecule has 2 aromatic carbocycles. The average molecular weight is 458 g/mol. The Hall–Kier alpha value is -2.91. The molecule has 170 valence electrons. The zero-order valence-electron chi connectivity index (χ0n) is 17.8. The van der Waals surface area contributed by atoms with Crippen LogP contribution in [0.3, 0.4) is 0 Å². The number of hydrogen-bond acceptors (Lipinski definition) is 5. The SMILES string of the molecule is O=C(c1ccccc1O)N1CCN(C(=O)C2CCCN(S(=O)(=O)c3ccccc3)C2)CC1. The molecule has 2 fully saturated rings. The zero-order valence-corrected chi connectivity index (χ0v) is 18.6. The Morgan fingerprint density at radius 3 is 2.16 bits per heavy atom. The fourth-order valence-electron chi connectivity index (χ4n) is 4.32. The predicted molar refractivity (Wildman–Crippen MR) is 119 cm³/mol. The minimum absolute atomic E-state index is 0.0575. The number of para-hydroxylation sites is 1. The molecule has 1 N–H and O–H groups in total. The summed E-state index contributed by atoms with van der Waals surface area (Å²) in [6, 6.07) is 14.7. The molecule has 4 rings (SSSR count). The van der Waals surface area contributed by atoms with Crippen molar-refractivity contribution in [3.05, 3.63) is 60.2 Å². The molecule has 2 amide bonds. The van der Waals surface area contributed by atoms with E-state index in [0.717, 1.165) is 0 Å². The molecule has 2 saturated heterocycles. The van der Waals surface area contributed by atoms with Gasteiger partial charge in [0.25, 0.3) is 5.91 Å². The molecule has 0 spiro atoms. The molecule has 0 radical (unpaired) electrons. The standard InChI is InChI=1S/C23H27N3O5S/c27-21-11-5-4-10-20(21)23(29)25-15-13-24(14-16-25)22(28)18-7-6-12-26(17-18)32(30,31)19-8-2-1-3-9-19/h1-5,8-11,18,27H,6-7,12-17H2. The summed E-state index contributed by atoms with van der Waals surface area (Å²) in [6.45, 7) is 2.10. The van der Waals surface area contributed by atoms with Crippen molar-refractivity contribution in [1.29, 1.82) is 0 Å². The summed E-state index contributed by atoms with van der Waals surface area (Å²) in [5.74, 6) is -0.763. The largest absolute Gasteiger partial charge is 0.507 e. The van der Waals surface area contributed by atoms with Crippen molar-refractivity contribution in [1.82, 2.24) is 14.1 Å². The van der Waals surface area contributed by atoms with Crippen LogP contribution in [0.2, 0.25) is 0 Å². The lowest BCUT2D eigenvalue weighted by atomic mass is 9.97. The van der Waals surface area contributed by atoms with Gasteiger partial charge in [0.15, 0.2) is 0 Å². The van der Waals surface area contributed by atoms with Gasteiger partial charge in [-0.1, -0.05) is 30.3 Å². The normalized spacial score (nSPS) is 20.2. The molecule has 0 aliphatic carbocycles. The lowest BCUT2D eigenvalue weighted by molar-refractivity contribution is -0.138. The lowest BCUT2D eigenvalue weighted by Crippen LogP contribution is -2.54. The highest BCUT2D eigenvalue weighted by Gasteiger charge is 2.36. The van der Waals surface area contributed by atoms with E-state index in [2.05, 4.69) is 0 Å². The zero-order chi connectivity index (χ0) is 22.7. The fourth-order valence-corrected chi connectivity index (χ4v) is 5.86. The predicted octanol–water partition coefficient (Wildman–Crippen LogP) is 1.78. The molecule has 1 unspecified atom stereocenters. The third-order valence-electron chi connectivity index (χ3n) is 6.13. The Morgan fingerprint density at radius 2 is 1.47 bits per heavy atom. The van der Waals surface area contributed by atoms with Gasteiger partial charge in [-0.15, -0.1) is 0 Å². The van der Waals surface area contributed by atoms with Gasteiger partial charge in [0, 0.05) is 39.3 Å². The van der Waals surface area contributed by atoms with E-state index in [1.807, 2.05) is 0 Å². The molecule has 32 heavy (non-hydrogen) atoms. The Bertz CT molecular complexity index is 1080. The molecule has 1 atom stereocenters. The van der Waals surface area contributed by atoms with Crippen LogP contribution in [-0.2, 0) is 14.8 Å². The van der Waals surface area contributed by atoms with Crippen LogP contribution >= 0.6 is 0 Å². The monoisotopic (exact) mass is 457 g/mol. The van der Waals surface area contributed by atoms with Crippen LogP contribution < -0.4 is 0 Å². The Morgan fingerprint density at radius 1 is 0.844 bits per heavy atom. The van der Waals surface area contributed by atoms with Gasteiger partial charge in [0.1, 0.15) is 5.75 Å². The van der Waals surface area contributed by atoms with Crippen LogP contribution in [0.5, 0.6) is 5.75 Å². The second-order valence-corrected chi connectivity index (χ2v) is 10.1. The highest BCUT2D eigenvalue weighted by molar-refractivity contribution is 7.89. The number of phenolic OH excluding ortho intramolecular Hbond substituents is 1. The average Bonchev–Trinajstić information content (AvgIpc) is 2.84. The van der Waals surface area contributed by atoms with Crippen molar-refractivity contribution in [3.8, 4) is 5.75 Å². The first-order valence-electron chi connectivity index (χ1n) is 10.8. The number of aromatic hydroxyl groups is 1. The third-order valence-corrected chi connectivity index (χ3v) is 8.01. The highest BCUT2D eigenvalue weighted by atomic mass is 32.2. The van der Waals surface area contributed by atoms with Crippen molar-refractivity contribution in [2.45, 2.75) is 17.7 Å². The Kier molecular flexibility index (Phi) is 6.48. The van der Waals surface area contributed by atoms with E-state index in [1.54, 1.807) is 58.3 Å². The number of hydrogen-bond donors (Lipinski definition) is 1. The van der Waals surface area contributed by atoms with Crippen molar-refractivity contribution < 1.29 is 23.1 Å². The van der Waals surface area contributed by atoms with Crippen LogP contribution in [0.15, 0.2) is 59.5 Å². The summed E-state index contributed by atoms with van der Waals surface area (Å²) in [5, 5.41) is 9.93. The number of phenols is 1. The van der Waals surface area contributed by atoms with E-state index in [9.17, 15) is 23.1 Å². The Balaban J connectivity index is 1.37. The van der Waals surface area contributed by atoms with E-state index >= 15 is 0 Å². The summed E-state index contributed by atoms with van der Waals surface area (Å²) in [7, 11) is -3.63. The molecular formula is C23H27N3O5S. The van der Waals surface area contributed by atoms with Gasteiger partial charge in [0.05, 0.1) is 16.4 Å². The lowest BCUT2D eigenvalue weighted by Gasteiger charge is -2.38. The molecule has 2 aliphatic heterocycles. The summed E-state index contributed by atoms with van der Waals surface area (Å²) in [5.41, 5.74) is 0.251. The van der Waals surface area contributed by atoms with Gasteiger partial charge in [-0.2, -0.15) is 4.31 Å². The molecule has 0 bridgehead atoms.